The molecule has 7 aliphatic rings. The number of nitrogens with one attached hydrogen (secondary N) is 1. The Morgan fingerprint density at radius 1 is 0.817 bits per heavy atom. The molecule has 2 aliphatic carbocycles. The Labute approximate surface area is 413 Å². The number of hydrogen-bond acceptors (Lipinski definition) is 17. The normalized spacial score (nSPS) is 17.7. The third-order valence-electron chi connectivity index (χ3n) is 12.4. The molecule has 3 amide bonds. The van der Waals surface area contributed by atoms with E-state index in [1.165, 1.54) is 78.1 Å². The third kappa shape index (κ3) is 9.04. The van der Waals surface area contributed by atoms with Crippen molar-refractivity contribution in [3.8, 4) is 45.4 Å². The lowest BCUT2D eigenvalue weighted by Gasteiger charge is -2.49. The molecule has 5 heterocycles. The average Bonchev–Trinajstić information content (AvgIpc) is 3.35. The quantitative estimate of drug-likeness (QED) is 0.0519. The number of aliphatic hydroxyl groups excluding tert-OH is 1. The van der Waals surface area contributed by atoms with E-state index in [1.807, 2.05) is 0 Å². The molecule has 19 nitrogen and oxygen atoms in total. The van der Waals surface area contributed by atoms with Gasteiger partial charge in [-0.25, -0.2) is 14.6 Å². The molecular formula is C49H39N5O14S3. The number of aliphatic hydroxyl groups is 1. The van der Waals surface area contributed by atoms with Gasteiger partial charge < -0.3 is 44.6 Å². The Morgan fingerprint density at radius 2 is 1.56 bits per heavy atom. The summed E-state index contributed by atoms with van der Waals surface area (Å²) in [6, 6.07) is 19.3. The summed E-state index contributed by atoms with van der Waals surface area (Å²) >= 11 is 3.53. The van der Waals surface area contributed by atoms with Crippen LogP contribution in [-0.2, 0) is 19.2 Å². The zero-order chi connectivity index (χ0) is 49.8. The number of aromatic carboxylic acids is 1. The summed E-state index contributed by atoms with van der Waals surface area (Å²) < 4.78 is 11.8. The maximum Gasteiger partial charge on any atom is 0.352 e. The predicted molar refractivity (Wildman–Crippen MR) is 263 cm³/mol. The standard InChI is InChI=1S/C49H39N5O14S3/c55-24-1-5-29-35(15-24)67-36-16-25(56)2-6-30(36)40(29)28-7-4-27(18-31(28)48(63)64)70-21-38(59)51-42-46(62)54-43(49(65)66)23(20-71-47(42)54)19-69-22-39(60)52-11-13-53(14-12-52)45(61)41-34(58)10-9-33-44(41)68-37-17-26(57)3-8-32(37)50-33/h1-10,15-18,42,45,47,55,58,61H,11-14,19-22H2,(H,51,59)(H,63,64)(H,65,66)/t42?,45-,47?/m1/s1. The zero-order valence-electron chi connectivity index (χ0n) is 36.9. The van der Waals surface area contributed by atoms with Gasteiger partial charge in [-0.05, 0) is 71.8 Å². The van der Waals surface area contributed by atoms with Crippen LogP contribution in [0.2, 0.25) is 0 Å². The number of benzene rings is 5. The van der Waals surface area contributed by atoms with Crippen LogP contribution in [0, 0.1) is 0 Å². The number of rotatable bonds is 13. The molecule has 0 saturated carbocycles. The number of fused-ring (bicyclic) bond motifs is 5. The zero-order valence-corrected chi connectivity index (χ0v) is 39.3. The van der Waals surface area contributed by atoms with Gasteiger partial charge in [0.15, 0.2) is 22.2 Å². The maximum atomic E-state index is 13.5. The molecule has 2 fully saturated rings. The van der Waals surface area contributed by atoms with E-state index in [0.29, 0.717) is 43.8 Å². The Kier molecular flexibility index (Phi) is 12.7. The smallest absolute Gasteiger partial charge is 0.352 e. The van der Waals surface area contributed by atoms with Crippen molar-refractivity contribution < 1.29 is 58.3 Å². The van der Waals surface area contributed by atoms with Crippen molar-refractivity contribution in [2.75, 3.05) is 49.2 Å². The molecule has 10 rings (SSSR count). The monoisotopic (exact) mass is 1020 g/mol. The van der Waals surface area contributed by atoms with Gasteiger partial charge in [0.25, 0.3) is 5.91 Å². The highest BCUT2D eigenvalue weighted by Crippen LogP contribution is 2.44. The number of aromatic nitrogens is 1. The van der Waals surface area contributed by atoms with Gasteiger partial charge in [-0.2, -0.15) is 0 Å². The van der Waals surface area contributed by atoms with E-state index in [4.69, 9.17) is 8.83 Å². The van der Waals surface area contributed by atoms with Crippen LogP contribution in [0.15, 0.2) is 120 Å². The minimum Gasteiger partial charge on any atom is -0.508 e. The first-order valence-corrected chi connectivity index (χ1v) is 25.1. The van der Waals surface area contributed by atoms with Gasteiger partial charge in [-0.15, -0.1) is 35.3 Å². The number of amides is 3. The van der Waals surface area contributed by atoms with Gasteiger partial charge in [-0.1, -0.05) is 6.07 Å². The first kappa shape index (κ1) is 47.3. The highest BCUT2D eigenvalue weighted by atomic mass is 32.2. The fraction of sp³-hybridized carbons (Fsp3) is 0.224. The van der Waals surface area contributed by atoms with Crippen LogP contribution in [0.1, 0.15) is 22.1 Å². The number of β-lactam (4-membered cyclic amide) rings is 1. The van der Waals surface area contributed by atoms with E-state index in [9.17, 15) is 59.1 Å². The highest BCUT2D eigenvalue weighted by molar-refractivity contribution is 8.01. The summed E-state index contributed by atoms with van der Waals surface area (Å²) in [5.74, 6) is -3.63. The van der Waals surface area contributed by atoms with Crippen molar-refractivity contribution in [3.63, 3.8) is 0 Å². The third-order valence-corrected chi connectivity index (χ3v) is 15.8. The molecule has 0 aromatic heterocycles. The van der Waals surface area contributed by atoms with E-state index < -0.39 is 41.4 Å². The fourth-order valence-electron chi connectivity index (χ4n) is 9.00. The van der Waals surface area contributed by atoms with Gasteiger partial charge in [0.05, 0.1) is 22.6 Å². The highest BCUT2D eigenvalue weighted by Gasteiger charge is 2.54. The molecular weight excluding hydrogens is 979 g/mol. The molecule has 2 unspecified atom stereocenters. The van der Waals surface area contributed by atoms with Crippen LogP contribution in [0.25, 0.3) is 56.0 Å². The van der Waals surface area contributed by atoms with Gasteiger partial charge >= 0.3 is 11.9 Å². The minimum absolute atomic E-state index is 0.0163. The number of piperazine rings is 1. The molecule has 0 spiro atoms. The molecule has 0 radical (unpaired) electrons. The molecule has 3 atom stereocenters. The summed E-state index contributed by atoms with van der Waals surface area (Å²) in [4.78, 5) is 98.8. The lowest BCUT2D eigenvalue weighted by atomic mass is 9.91. The SMILES string of the molecule is O=C(CSc1ccc(-c2c3ccc(=O)cc-3oc3cc(O)ccc23)c(C(=O)O)c1)NC1C(=O)N2C(C(=O)O)=C(CSCC(=O)N3CCN([C@H](O)c4c(O)ccc5nc6ccc(=O)cc-6oc45)CC3)CSC12. The number of aliphatic carboxylic acids is 1. The average molecular weight is 1020 g/mol. The largest absolute Gasteiger partial charge is 0.508 e. The van der Waals surface area contributed by atoms with Gasteiger partial charge in [0.2, 0.25) is 11.8 Å². The molecule has 0 bridgehead atoms. The number of phenols is 2. The summed E-state index contributed by atoms with van der Waals surface area (Å²) in [5, 5.41) is 55.4. The van der Waals surface area contributed by atoms with Crippen molar-refractivity contribution in [3.05, 3.63) is 128 Å². The van der Waals surface area contributed by atoms with Crippen LogP contribution in [0.4, 0.5) is 0 Å². The first-order chi connectivity index (χ1) is 34.1. The molecule has 3 aromatic carbocycles. The molecule has 71 heavy (non-hydrogen) atoms. The number of carboxylic acid groups (broad SMARTS) is 2. The second-order valence-electron chi connectivity index (χ2n) is 16.8. The van der Waals surface area contributed by atoms with Crippen molar-refractivity contribution in [1.29, 1.82) is 0 Å². The second kappa shape index (κ2) is 19.1. The van der Waals surface area contributed by atoms with Crippen LogP contribution in [0.5, 0.6) is 11.5 Å². The number of carboxylic acids is 2. The Balaban J connectivity index is 0.738. The van der Waals surface area contributed by atoms with Crippen LogP contribution >= 0.6 is 35.3 Å². The summed E-state index contributed by atoms with van der Waals surface area (Å²) in [7, 11) is 0. The molecule has 5 aliphatic heterocycles. The topological polar surface area (TPSA) is 282 Å². The van der Waals surface area contributed by atoms with Crippen LogP contribution < -0.4 is 16.2 Å². The number of nitrogens with zero attached hydrogens (tertiary/aromatic N) is 4. The first-order valence-electron chi connectivity index (χ1n) is 21.9. The number of carbonyl (C=O) groups is 5. The number of hydrogen-bond donors (Lipinski definition) is 6. The number of phenolic OH excluding ortho intramolecular Hbond substituents is 2. The summed E-state index contributed by atoms with van der Waals surface area (Å²) in [6.07, 6.45) is -1.32. The van der Waals surface area contributed by atoms with Gasteiger partial charge in [0, 0.05) is 77.3 Å². The summed E-state index contributed by atoms with van der Waals surface area (Å²) in [6.45, 7) is 1.01. The molecule has 22 heteroatoms. The van der Waals surface area contributed by atoms with Crippen LogP contribution in [-0.4, -0.2) is 135 Å². The van der Waals surface area contributed by atoms with Crippen molar-refractivity contribution in [1.82, 2.24) is 25.0 Å². The van der Waals surface area contributed by atoms with Crippen LogP contribution in [0.3, 0.4) is 0 Å². The van der Waals surface area contributed by atoms with Crippen molar-refractivity contribution >= 4 is 87.0 Å². The maximum absolute atomic E-state index is 13.5. The minimum atomic E-state index is -1.32. The molecule has 362 valence electrons. The summed E-state index contributed by atoms with van der Waals surface area (Å²) in [5.41, 5.74) is 2.05. The number of carbonyl (C=O) groups excluding carboxylic acids is 3. The Morgan fingerprint density at radius 3 is 2.32 bits per heavy atom. The number of aromatic hydroxyl groups is 2. The van der Waals surface area contributed by atoms with Crippen molar-refractivity contribution in [2.45, 2.75) is 22.5 Å². The van der Waals surface area contributed by atoms with E-state index in [1.54, 1.807) is 40.1 Å². The van der Waals surface area contributed by atoms with Gasteiger partial charge in [-0.3, -0.25) is 33.8 Å². The van der Waals surface area contributed by atoms with E-state index in [2.05, 4.69) is 10.3 Å². The molecule has 6 N–H and O–H groups in total. The molecule has 3 aromatic rings. The van der Waals surface area contributed by atoms with Crippen molar-refractivity contribution in [2.24, 2.45) is 0 Å². The van der Waals surface area contributed by atoms with E-state index >= 15 is 0 Å². The van der Waals surface area contributed by atoms with E-state index in [0.717, 1.165) is 16.7 Å². The van der Waals surface area contributed by atoms with Gasteiger partial charge in [0.1, 0.15) is 57.4 Å². The molecule has 2 saturated heterocycles. The Bertz CT molecular complexity index is 3460. The second-order valence-corrected chi connectivity index (χ2v) is 19.9. The predicted octanol–water partition coefficient (Wildman–Crippen LogP) is 4.68. The van der Waals surface area contributed by atoms with E-state index in [-0.39, 0.29) is 117 Å². The Hall–Kier alpha value is -7.37. The lowest BCUT2D eigenvalue weighted by molar-refractivity contribution is -0.150. The lowest BCUT2D eigenvalue weighted by Crippen LogP contribution is -2.70. The number of thioether (sulfide) groups is 3. The fourth-order valence-corrected chi connectivity index (χ4v) is 12.2.